The molecule has 0 unspecified atom stereocenters. The van der Waals surface area contributed by atoms with E-state index in [9.17, 15) is 0 Å². The van der Waals surface area contributed by atoms with Gasteiger partial charge in [0.2, 0.25) is 0 Å². The van der Waals surface area contributed by atoms with E-state index in [1.54, 1.807) is 0 Å². The maximum atomic E-state index is 6.66. The van der Waals surface area contributed by atoms with E-state index >= 15 is 0 Å². The van der Waals surface area contributed by atoms with Crippen LogP contribution in [0.1, 0.15) is 49.9 Å². The fraction of sp³-hybridized carbons (Fsp3) is 0.0556. The van der Waals surface area contributed by atoms with Gasteiger partial charge in [0.1, 0.15) is 22.3 Å². The topological polar surface area (TPSA) is 32.8 Å². The van der Waals surface area contributed by atoms with Gasteiger partial charge in [0.25, 0.3) is 0 Å². The first-order chi connectivity index (χ1) is 55.0. The number of fused-ring (bicyclic) bond motifs is 15. The molecule has 530 valence electrons. The van der Waals surface area contributed by atoms with Gasteiger partial charge in [-0.05, 0) is 231 Å². The van der Waals surface area contributed by atoms with Gasteiger partial charge in [0.05, 0.1) is 5.69 Å². The quantitative estimate of drug-likeness (QED) is 0.129. The zero-order valence-corrected chi connectivity index (χ0v) is 62.7. The smallest absolute Gasteiger partial charge is 0.143 e. The standard InChI is InChI=1S/C55H39NO.C53H37NO/c1-55(2)50-21-11-8-19-45(50)46-31-30-43(35-51(46)55)56(52-22-12-9-18-44(52)37-15-4-3-5-16-37)42-28-26-38(27-29-42)48-33-41(40-25-24-36-14-6-7-17-39(36)32-40)34-49-47-20-10-13-23-53(47)57-54(48)49;1-53(2)49-17-9-7-15-44(49)45-28-27-43(33-50(45)53)54(42-26-21-35-12-4-6-14-38(35)30-42)41-24-22-36(23-25-41)47-31-40(39-20-19-34-11-3-5-13-37(34)29-39)32-48-46-16-8-10-18-51(46)55-52(47)48/h3-35H,1-2H3;3-33H,1-2H3. The summed E-state index contributed by atoms with van der Waals surface area (Å²) in [6, 6.07) is 141. The van der Waals surface area contributed by atoms with Crippen LogP contribution < -0.4 is 9.80 Å². The summed E-state index contributed by atoms with van der Waals surface area (Å²) in [6.07, 6.45) is 0. The maximum absolute atomic E-state index is 6.66. The van der Waals surface area contributed by atoms with Gasteiger partial charge in [-0.2, -0.15) is 0 Å². The highest BCUT2D eigenvalue weighted by atomic mass is 16.3. The Morgan fingerprint density at radius 2 is 0.545 bits per heavy atom. The first-order valence-electron chi connectivity index (χ1n) is 38.8. The van der Waals surface area contributed by atoms with Crippen molar-refractivity contribution in [3.05, 3.63) is 411 Å². The van der Waals surface area contributed by atoms with Gasteiger partial charge in [-0.1, -0.05) is 301 Å². The number of para-hydroxylation sites is 3. The lowest BCUT2D eigenvalue weighted by Gasteiger charge is -2.30. The van der Waals surface area contributed by atoms with Gasteiger partial charge >= 0.3 is 0 Å². The van der Waals surface area contributed by atoms with Crippen molar-refractivity contribution in [2.75, 3.05) is 9.80 Å². The van der Waals surface area contributed by atoms with E-state index in [2.05, 4.69) is 414 Å². The number of benzene rings is 18. The van der Waals surface area contributed by atoms with Crippen LogP contribution in [-0.4, -0.2) is 0 Å². The van der Waals surface area contributed by atoms with Crippen LogP contribution in [0.2, 0.25) is 0 Å². The van der Waals surface area contributed by atoms with Crippen LogP contribution in [0, 0.1) is 0 Å². The van der Waals surface area contributed by atoms with Gasteiger partial charge < -0.3 is 18.6 Å². The molecule has 0 fully saturated rings. The van der Waals surface area contributed by atoms with Crippen LogP contribution in [0.25, 0.3) is 154 Å². The van der Waals surface area contributed by atoms with Crippen molar-refractivity contribution in [3.63, 3.8) is 0 Å². The summed E-state index contributed by atoms with van der Waals surface area (Å²) < 4.78 is 13.3. The lowest BCUT2D eigenvalue weighted by atomic mass is 9.82. The second-order valence-electron chi connectivity index (χ2n) is 31.1. The molecule has 0 saturated heterocycles. The molecule has 2 aliphatic rings. The molecule has 4 nitrogen and oxygen atoms in total. The Kier molecular flexibility index (Phi) is 15.6. The van der Waals surface area contributed by atoms with E-state index in [1.165, 1.54) is 110 Å². The van der Waals surface area contributed by atoms with Crippen LogP contribution in [0.3, 0.4) is 0 Å². The number of hydrogen-bond acceptors (Lipinski definition) is 4. The Bertz CT molecular complexity index is 7140. The summed E-state index contributed by atoms with van der Waals surface area (Å²) in [5.74, 6) is 0. The average Bonchev–Trinajstić information content (AvgIpc) is 1.55. The van der Waals surface area contributed by atoms with E-state index in [0.717, 1.165) is 100 Å². The molecular formula is C108H76N2O2. The van der Waals surface area contributed by atoms with Crippen LogP contribution >= 0.6 is 0 Å². The van der Waals surface area contributed by atoms with Gasteiger partial charge in [0, 0.05) is 77.5 Å². The Balaban J connectivity index is 0.000000142. The lowest BCUT2D eigenvalue weighted by Crippen LogP contribution is -2.16. The van der Waals surface area contributed by atoms with Gasteiger partial charge in [-0.15, -0.1) is 0 Å². The Morgan fingerprint density at radius 3 is 1.05 bits per heavy atom. The Labute approximate surface area is 651 Å². The molecule has 0 spiro atoms. The molecule has 4 heteroatoms. The van der Waals surface area contributed by atoms with Crippen LogP contribution in [0.5, 0.6) is 0 Å². The molecule has 2 aromatic heterocycles. The SMILES string of the molecule is CC1(C)c2ccccc2-c2ccc(N(c3ccc(-c4cc(-c5ccc6ccccc6c5)cc5c4oc4ccccc45)cc3)c3ccc4ccccc4c3)cc21.CC1(C)c2ccccc2-c2ccc(N(c3ccc(-c4cc(-c5ccc6ccccc6c5)cc5c4oc4ccccc45)cc3)c3ccccc3-c3ccccc3)cc21. The predicted molar refractivity (Wildman–Crippen MR) is 472 cm³/mol. The normalized spacial score (nSPS) is 13.0. The molecule has 0 amide bonds. The lowest BCUT2D eigenvalue weighted by molar-refractivity contribution is 0.660. The van der Waals surface area contributed by atoms with Crippen molar-refractivity contribution in [1.82, 2.24) is 0 Å². The molecule has 0 radical (unpaired) electrons. The summed E-state index contributed by atoms with van der Waals surface area (Å²) in [4.78, 5) is 4.82. The zero-order chi connectivity index (χ0) is 74.8. The van der Waals surface area contributed by atoms with Crippen molar-refractivity contribution >= 4 is 110 Å². The van der Waals surface area contributed by atoms with Crippen molar-refractivity contribution in [2.45, 2.75) is 38.5 Å². The molecule has 0 atom stereocenters. The molecule has 112 heavy (non-hydrogen) atoms. The second-order valence-corrected chi connectivity index (χ2v) is 31.1. The van der Waals surface area contributed by atoms with Gasteiger partial charge in [0.15, 0.2) is 0 Å². The Morgan fingerprint density at radius 1 is 0.196 bits per heavy atom. The third-order valence-corrected chi connectivity index (χ3v) is 23.9. The Hall–Kier alpha value is -14.1. The number of nitrogens with zero attached hydrogens (tertiary/aromatic N) is 2. The number of rotatable bonds is 11. The summed E-state index contributed by atoms with van der Waals surface area (Å²) in [5.41, 5.74) is 32.3. The average molecular weight is 1430 g/mol. The van der Waals surface area contributed by atoms with E-state index in [1.807, 2.05) is 12.1 Å². The minimum absolute atomic E-state index is 0.102. The third kappa shape index (κ3) is 11.1. The first-order valence-corrected chi connectivity index (χ1v) is 38.8. The first kappa shape index (κ1) is 66.2. The fourth-order valence-electron chi connectivity index (χ4n) is 18.1. The van der Waals surface area contributed by atoms with E-state index < -0.39 is 0 Å². The predicted octanol–water partition coefficient (Wildman–Crippen LogP) is 30.5. The fourth-order valence-corrected chi connectivity index (χ4v) is 18.1. The molecular weight excluding hydrogens is 1360 g/mol. The summed E-state index contributed by atoms with van der Waals surface area (Å²) in [7, 11) is 0. The van der Waals surface area contributed by atoms with E-state index in [-0.39, 0.29) is 10.8 Å². The van der Waals surface area contributed by atoms with Gasteiger partial charge in [-0.25, -0.2) is 0 Å². The van der Waals surface area contributed by atoms with Crippen molar-refractivity contribution in [1.29, 1.82) is 0 Å². The highest BCUT2D eigenvalue weighted by Gasteiger charge is 2.38. The van der Waals surface area contributed by atoms with E-state index in [4.69, 9.17) is 8.83 Å². The highest BCUT2D eigenvalue weighted by Crippen LogP contribution is 2.54. The van der Waals surface area contributed by atoms with Crippen LogP contribution in [-0.2, 0) is 10.8 Å². The highest BCUT2D eigenvalue weighted by molar-refractivity contribution is 6.13. The largest absolute Gasteiger partial charge is 0.455 e. The van der Waals surface area contributed by atoms with Crippen molar-refractivity contribution in [2.24, 2.45) is 0 Å². The molecule has 20 aromatic rings. The molecule has 2 aliphatic carbocycles. The summed E-state index contributed by atoms with van der Waals surface area (Å²) in [6.45, 7) is 9.40. The molecule has 0 saturated carbocycles. The van der Waals surface area contributed by atoms with Crippen molar-refractivity contribution in [3.8, 4) is 77.9 Å². The second kappa shape index (κ2) is 26.4. The maximum Gasteiger partial charge on any atom is 0.143 e. The third-order valence-electron chi connectivity index (χ3n) is 23.9. The minimum atomic E-state index is -0.121. The van der Waals surface area contributed by atoms with E-state index in [0.29, 0.717) is 0 Å². The summed E-state index contributed by atoms with van der Waals surface area (Å²) >= 11 is 0. The molecule has 18 aromatic carbocycles. The molecule has 0 bridgehead atoms. The molecule has 2 heterocycles. The molecule has 0 aliphatic heterocycles. The van der Waals surface area contributed by atoms with Crippen molar-refractivity contribution < 1.29 is 8.83 Å². The number of hydrogen-bond donors (Lipinski definition) is 0. The molecule has 22 rings (SSSR count). The molecule has 0 N–H and O–H groups in total. The van der Waals surface area contributed by atoms with Gasteiger partial charge in [-0.3, -0.25) is 0 Å². The monoisotopic (exact) mass is 1430 g/mol. The number of furan rings is 2. The minimum Gasteiger partial charge on any atom is -0.455 e. The van der Waals surface area contributed by atoms with Crippen LogP contribution in [0.15, 0.2) is 397 Å². The van der Waals surface area contributed by atoms with Crippen LogP contribution in [0.4, 0.5) is 34.1 Å². The number of anilines is 6. The summed E-state index contributed by atoms with van der Waals surface area (Å²) in [5, 5.41) is 11.9. The zero-order valence-electron chi connectivity index (χ0n) is 62.7.